The molecule has 1 heterocycles. The normalized spacial score (nSPS) is 20.2. The Labute approximate surface area is 140 Å². The molecule has 0 spiro atoms. The van der Waals surface area contributed by atoms with Gasteiger partial charge in [-0.05, 0) is 37.0 Å². The molecule has 0 aromatic heterocycles. The minimum absolute atomic E-state index is 0.0304. The van der Waals surface area contributed by atoms with Gasteiger partial charge < -0.3 is 15.0 Å². The van der Waals surface area contributed by atoms with Gasteiger partial charge in [-0.15, -0.1) is 0 Å². The van der Waals surface area contributed by atoms with Gasteiger partial charge in [-0.25, -0.2) is 4.39 Å². The number of amides is 2. The summed E-state index contributed by atoms with van der Waals surface area (Å²) in [5, 5.41) is 2.65. The number of halogens is 1. The van der Waals surface area contributed by atoms with Crippen molar-refractivity contribution in [2.45, 2.75) is 38.1 Å². The molecule has 5 nitrogen and oxygen atoms in total. The second kappa shape index (κ2) is 6.63. The van der Waals surface area contributed by atoms with E-state index in [1.807, 2.05) is 0 Å². The number of likely N-dealkylation sites (N-methyl/N-ethyl adjacent to an activating group) is 1. The van der Waals surface area contributed by atoms with E-state index >= 15 is 0 Å². The van der Waals surface area contributed by atoms with Crippen LogP contribution in [0.1, 0.15) is 32.1 Å². The fraction of sp³-hybridized carbons (Fsp3) is 0.444. The Balaban J connectivity index is 1.72. The number of carbonyl (C=O) groups is 2. The summed E-state index contributed by atoms with van der Waals surface area (Å²) in [5.74, 6) is -0.792. The van der Waals surface area contributed by atoms with Gasteiger partial charge in [-0.2, -0.15) is 0 Å². The maximum absolute atomic E-state index is 13.7. The van der Waals surface area contributed by atoms with E-state index < -0.39 is 5.82 Å². The zero-order chi connectivity index (χ0) is 17.3. The summed E-state index contributed by atoms with van der Waals surface area (Å²) in [6.07, 6.45) is 4.04. The molecular weight excluding hydrogens is 311 g/mol. The van der Waals surface area contributed by atoms with Crippen LogP contribution in [-0.2, 0) is 9.59 Å². The number of nitrogens with zero attached hydrogens (tertiary/aromatic N) is 1. The third-order valence-corrected chi connectivity index (χ3v) is 4.78. The molecule has 0 saturated heterocycles. The van der Waals surface area contributed by atoms with E-state index in [0.29, 0.717) is 11.3 Å². The van der Waals surface area contributed by atoms with Gasteiger partial charge in [0, 0.05) is 24.4 Å². The number of rotatable bonds is 4. The molecule has 1 aliphatic carbocycles. The highest BCUT2D eigenvalue weighted by atomic mass is 19.1. The Morgan fingerprint density at radius 2 is 2.21 bits per heavy atom. The summed E-state index contributed by atoms with van der Waals surface area (Å²) in [6.45, 7) is 0. The van der Waals surface area contributed by atoms with Crippen LogP contribution in [0.15, 0.2) is 29.3 Å². The molecule has 1 N–H and O–H groups in total. The lowest BCUT2D eigenvalue weighted by atomic mass is 9.88. The average Bonchev–Trinajstić information content (AvgIpc) is 2.80. The lowest BCUT2D eigenvalue weighted by Crippen LogP contribution is -2.33. The van der Waals surface area contributed by atoms with Gasteiger partial charge in [0.15, 0.2) is 11.6 Å². The van der Waals surface area contributed by atoms with Crippen molar-refractivity contribution in [3.8, 4) is 5.75 Å². The summed E-state index contributed by atoms with van der Waals surface area (Å²) in [4.78, 5) is 26.4. The van der Waals surface area contributed by atoms with Crippen LogP contribution in [0.25, 0.3) is 0 Å². The van der Waals surface area contributed by atoms with Crippen molar-refractivity contribution >= 4 is 17.5 Å². The first kappa shape index (κ1) is 16.5. The molecule has 1 atom stereocenters. The van der Waals surface area contributed by atoms with E-state index in [1.54, 1.807) is 18.0 Å². The summed E-state index contributed by atoms with van der Waals surface area (Å²) in [5.41, 5.74) is 2.06. The fourth-order valence-corrected chi connectivity index (χ4v) is 3.56. The first-order valence-electron chi connectivity index (χ1n) is 8.13. The number of nitrogens with one attached hydrogen (secondary N) is 1. The van der Waals surface area contributed by atoms with Crippen LogP contribution in [-0.4, -0.2) is 36.9 Å². The van der Waals surface area contributed by atoms with Crippen LogP contribution < -0.4 is 10.1 Å². The molecule has 0 radical (unpaired) electrons. The lowest BCUT2D eigenvalue weighted by molar-refractivity contribution is -0.127. The predicted molar refractivity (Wildman–Crippen MR) is 88.3 cm³/mol. The minimum Gasteiger partial charge on any atom is -0.494 e. The first-order chi connectivity index (χ1) is 11.5. The quantitative estimate of drug-likeness (QED) is 0.922. The standard InChI is InChI=1S/C18H21FN2O3/c1-21-15-6-4-3-5-12(15)13(18(21)23)10-17(22)20-11-7-8-16(24-2)14(19)9-11/h7-9,15H,3-6,10H2,1-2H3,(H,20,22). The lowest BCUT2D eigenvalue weighted by Gasteiger charge is -2.26. The smallest absolute Gasteiger partial charge is 0.250 e. The molecule has 3 rings (SSSR count). The molecule has 128 valence electrons. The van der Waals surface area contributed by atoms with Gasteiger partial charge in [-0.1, -0.05) is 6.42 Å². The highest BCUT2D eigenvalue weighted by molar-refractivity contribution is 6.04. The van der Waals surface area contributed by atoms with E-state index in [-0.39, 0.29) is 30.0 Å². The summed E-state index contributed by atoms with van der Waals surface area (Å²) in [6, 6.07) is 4.38. The zero-order valence-corrected chi connectivity index (χ0v) is 13.9. The van der Waals surface area contributed by atoms with Crippen LogP contribution in [0.5, 0.6) is 5.75 Å². The van der Waals surface area contributed by atoms with E-state index in [0.717, 1.165) is 31.3 Å². The number of methoxy groups -OCH3 is 1. The molecule has 2 amide bonds. The average molecular weight is 332 g/mol. The van der Waals surface area contributed by atoms with Crippen molar-refractivity contribution in [2.24, 2.45) is 0 Å². The number of anilines is 1. The predicted octanol–water partition coefficient (Wildman–Crippen LogP) is 2.87. The fourth-order valence-electron chi connectivity index (χ4n) is 3.56. The number of carbonyl (C=O) groups excluding carboxylic acids is 2. The van der Waals surface area contributed by atoms with Gasteiger partial charge in [0.25, 0.3) is 5.91 Å². The first-order valence-corrected chi connectivity index (χ1v) is 8.13. The van der Waals surface area contributed by atoms with Crippen LogP contribution >= 0.6 is 0 Å². The number of fused-ring (bicyclic) bond motifs is 1. The van der Waals surface area contributed by atoms with Crippen molar-refractivity contribution in [3.63, 3.8) is 0 Å². The van der Waals surface area contributed by atoms with Crippen molar-refractivity contribution in [2.75, 3.05) is 19.5 Å². The second-order valence-electron chi connectivity index (χ2n) is 6.26. The van der Waals surface area contributed by atoms with E-state index in [2.05, 4.69) is 5.32 Å². The monoisotopic (exact) mass is 332 g/mol. The molecule has 1 aromatic carbocycles. The van der Waals surface area contributed by atoms with Gasteiger partial charge in [0.1, 0.15) is 0 Å². The van der Waals surface area contributed by atoms with E-state index in [9.17, 15) is 14.0 Å². The molecule has 1 unspecified atom stereocenters. The zero-order valence-electron chi connectivity index (χ0n) is 13.9. The van der Waals surface area contributed by atoms with Crippen molar-refractivity contribution in [1.29, 1.82) is 0 Å². The SMILES string of the molecule is COc1ccc(NC(=O)CC2=C3CCCCC3N(C)C2=O)cc1F. The molecule has 1 aliphatic heterocycles. The molecule has 1 saturated carbocycles. The Bertz CT molecular complexity index is 714. The van der Waals surface area contributed by atoms with Gasteiger partial charge in [-0.3, -0.25) is 9.59 Å². The molecule has 2 aliphatic rings. The summed E-state index contributed by atoms with van der Waals surface area (Å²) < 4.78 is 18.5. The third-order valence-electron chi connectivity index (χ3n) is 4.78. The van der Waals surface area contributed by atoms with Crippen molar-refractivity contribution in [1.82, 2.24) is 4.90 Å². The Kier molecular flexibility index (Phi) is 4.55. The van der Waals surface area contributed by atoms with E-state index in [1.165, 1.54) is 19.2 Å². The van der Waals surface area contributed by atoms with Crippen LogP contribution in [0, 0.1) is 5.82 Å². The van der Waals surface area contributed by atoms with Crippen molar-refractivity contribution < 1.29 is 18.7 Å². The minimum atomic E-state index is -0.540. The molecule has 1 fully saturated rings. The maximum atomic E-state index is 13.7. The molecule has 6 heteroatoms. The van der Waals surface area contributed by atoms with Crippen LogP contribution in [0.2, 0.25) is 0 Å². The van der Waals surface area contributed by atoms with Gasteiger partial charge in [0.2, 0.25) is 5.91 Å². The van der Waals surface area contributed by atoms with Gasteiger partial charge >= 0.3 is 0 Å². The number of benzene rings is 1. The van der Waals surface area contributed by atoms with Crippen LogP contribution in [0.3, 0.4) is 0 Å². The molecular formula is C18H21FN2O3. The Hall–Kier alpha value is -2.37. The topological polar surface area (TPSA) is 58.6 Å². The summed E-state index contributed by atoms with van der Waals surface area (Å²) >= 11 is 0. The van der Waals surface area contributed by atoms with Gasteiger partial charge in [0.05, 0.1) is 19.6 Å². The number of hydrogen-bond donors (Lipinski definition) is 1. The third kappa shape index (κ3) is 3.00. The highest BCUT2D eigenvalue weighted by Crippen LogP contribution is 2.37. The number of ether oxygens (including phenoxy) is 1. The highest BCUT2D eigenvalue weighted by Gasteiger charge is 2.38. The molecule has 1 aromatic rings. The second-order valence-corrected chi connectivity index (χ2v) is 6.26. The van der Waals surface area contributed by atoms with Crippen LogP contribution in [0.4, 0.5) is 10.1 Å². The molecule has 0 bridgehead atoms. The largest absolute Gasteiger partial charge is 0.494 e. The van der Waals surface area contributed by atoms with Crippen molar-refractivity contribution in [3.05, 3.63) is 35.2 Å². The Morgan fingerprint density at radius 3 is 2.92 bits per heavy atom. The maximum Gasteiger partial charge on any atom is 0.250 e. The number of hydrogen-bond acceptors (Lipinski definition) is 3. The summed E-state index contributed by atoms with van der Waals surface area (Å²) in [7, 11) is 3.18. The molecule has 24 heavy (non-hydrogen) atoms. The Morgan fingerprint density at radius 1 is 1.42 bits per heavy atom. The van der Waals surface area contributed by atoms with E-state index in [4.69, 9.17) is 4.74 Å².